The van der Waals surface area contributed by atoms with Gasteiger partial charge in [-0.2, -0.15) is 0 Å². The zero-order valence-corrected chi connectivity index (χ0v) is 15.6. The molecule has 0 saturated heterocycles. The van der Waals surface area contributed by atoms with Crippen molar-refractivity contribution in [3.63, 3.8) is 0 Å². The van der Waals surface area contributed by atoms with Gasteiger partial charge in [-0.3, -0.25) is 9.59 Å². The predicted molar refractivity (Wildman–Crippen MR) is 111 cm³/mol. The van der Waals surface area contributed by atoms with E-state index < -0.39 is 0 Å². The predicted octanol–water partition coefficient (Wildman–Crippen LogP) is 4.52. The molecule has 0 heterocycles. The van der Waals surface area contributed by atoms with Crippen LogP contribution in [0.5, 0.6) is 5.75 Å². The van der Waals surface area contributed by atoms with Crippen LogP contribution in [0.3, 0.4) is 0 Å². The average Bonchev–Trinajstić information content (AvgIpc) is 2.74. The second-order valence-electron chi connectivity index (χ2n) is 6.27. The molecule has 0 unspecified atom stereocenters. The highest BCUT2D eigenvalue weighted by Gasteiger charge is 2.10. The Morgan fingerprint density at radius 1 is 0.821 bits per heavy atom. The number of rotatable bonds is 7. The van der Waals surface area contributed by atoms with Crippen molar-refractivity contribution in [2.24, 2.45) is 0 Å². The van der Waals surface area contributed by atoms with E-state index in [2.05, 4.69) is 10.6 Å². The summed E-state index contributed by atoms with van der Waals surface area (Å²) in [4.78, 5) is 24.5. The molecule has 0 aliphatic rings. The number of hydrogen-bond acceptors (Lipinski definition) is 3. The molecule has 0 aliphatic heterocycles. The van der Waals surface area contributed by atoms with Gasteiger partial charge in [-0.05, 0) is 48.4 Å². The smallest absolute Gasteiger partial charge is 0.255 e. The Morgan fingerprint density at radius 3 is 2.21 bits per heavy atom. The summed E-state index contributed by atoms with van der Waals surface area (Å²) in [5.41, 5.74) is 2.88. The summed E-state index contributed by atoms with van der Waals surface area (Å²) < 4.78 is 5.24. The summed E-state index contributed by atoms with van der Waals surface area (Å²) in [7, 11) is 1.56. The van der Waals surface area contributed by atoms with E-state index in [-0.39, 0.29) is 11.8 Å². The van der Waals surface area contributed by atoms with Gasteiger partial charge < -0.3 is 15.4 Å². The molecule has 0 spiro atoms. The molecule has 3 aromatic carbocycles. The minimum atomic E-state index is -0.244. The van der Waals surface area contributed by atoms with Gasteiger partial charge in [0.1, 0.15) is 5.75 Å². The molecule has 2 amide bonds. The zero-order chi connectivity index (χ0) is 19.8. The lowest BCUT2D eigenvalue weighted by Gasteiger charge is -2.10. The SMILES string of the molecule is COc1ccccc1NC(=O)c1ccc(NC(=O)CCc2ccccc2)cc1. The number of carbonyl (C=O) groups is 2. The van der Waals surface area contributed by atoms with Crippen molar-refractivity contribution in [1.82, 2.24) is 0 Å². The zero-order valence-electron chi connectivity index (χ0n) is 15.6. The quantitative estimate of drug-likeness (QED) is 0.639. The maximum atomic E-state index is 12.4. The molecule has 5 heteroatoms. The van der Waals surface area contributed by atoms with E-state index in [4.69, 9.17) is 4.74 Å². The van der Waals surface area contributed by atoms with Crippen LogP contribution in [0.2, 0.25) is 0 Å². The second kappa shape index (κ2) is 9.37. The molecular formula is C23H22N2O3. The number of amides is 2. The third-order valence-electron chi connectivity index (χ3n) is 4.27. The molecule has 2 N–H and O–H groups in total. The van der Waals surface area contributed by atoms with Crippen LogP contribution in [0.1, 0.15) is 22.3 Å². The van der Waals surface area contributed by atoms with E-state index >= 15 is 0 Å². The van der Waals surface area contributed by atoms with Crippen LogP contribution in [0.25, 0.3) is 0 Å². The molecule has 3 aromatic rings. The first-order valence-electron chi connectivity index (χ1n) is 9.04. The first-order chi connectivity index (χ1) is 13.7. The molecule has 0 saturated carbocycles. The van der Waals surface area contributed by atoms with Crippen molar-refractivity contribution in [3.8, 4) is 5.75 Å². The number of methoxy groups -OCH3 is 1. The molecule has 142 valence electrons. The summed E-state index contributed by atoms with van der Waals surface area (Å²) in [6, 6.07) is 23.9. The number of aryl methyl sites for hydroxylation is 1. The number of ether oxygens (including phenoxy) is 1. The Hall–Kier alpha value is -3.60. The van der Waals surface area contributed by atoms with Crippen molar-refractivity contribution >= 4 is 23.2 Å². The lowest BCUT2D eigenvalue weighted by Crippen LogP contribution is -2.14. The van der Waals surface area contributed by atoms with Crippen molar-refractivity contribution in [2.75, 3.05) is 17.7 Å². The lowest BCUT2D eigenvalue weighted by atomic mass is 10.1. The summed E-state index contributed by atoms with van der Waals surface area (Å²) in [6.45, 7) is 0. The maximum Gasteiger partial charge on any atom is 0.255 e. The summed E-state index contributed by atoms with van der Waals surface area (Å²) in [5, 5.41) is 5.68. The first-order valence-corrected chi connectivity index (χ1v) is 9.04. The molecule has 28 heavy (non-hydrogen) atoms. The van der Waals surface area contributed by atoms with Gasteiger partial charge in [0.2, 0.25) is 5.91 Å². The van der Waals surface area contributed by atoms with Crippen molar-refractivity contribution in [2.45, 2.75) is 12.8 Å². The number of para-hydroxylation sites is 2. The van der Waals surface area contributed by atoms with Gasteiger partial charge >= 0.3 is 0 Å². The topological polar surface area (TPSA) is 67.4 Å². The maximum absolute atomic E-state index is 12.4. The number of anilines is 2. The van der Waals surface area contributed by atoms with E-state index in [9.17, 15) is 9.59 Å². The van der Waals surface area contributed by atoms with Crippen LogP contribution in [0.4, 0.5) is 11.4 Å². The molecule has 0 aliphatic carbocycles. The minimum absolute atomic E-state index is 0.0601. The van der Waals surface area contributed by atoms with E-state index in [0.717, 1.165) is 5.56 Å². The van der Waals surface area contributed by atoms with Gasteiger partial charge in [-0.15, -0.1) is 0 Å². The van der Waals surface area contributed by atoms with Crippen molar-refractivity contribution in [3.05, 3.63) is 90.0 Å². The third-order valence-corrected chi connectivity index (χ3v) is 4.27. The summed E-state index contributed by atoms with van der Waals surface area (Å²) in [6.07, 6.45) is 1.09. The van der Waals surface area contributed by atoms with Gasteiger partial charge in [0.15, 0.2) is 0 Å². The Morgan fingerprint density at radius 2 is 1.50 bits per heavy atom. The Bertz CT molecular complexity index is 938. The molecular weight excluding hydrogens is 352 g/mol. The lowest BCUT2D eigenvalue weighted by molar-refractivity contribution is -0.116. The van der Waals surface area contributed by atoms with Gasteiger partial charge in [-0.1, -0.05) is 42.5 Å². The van der Waals surface area contributed by atoms with Crippen LogP contribution in [-0.4, -0.2) is 18.9 Å². The molecule has 0 bridgehead atoms. The highest BCUT2D eigenvalue weighted by Crippen LogP contribution is 2.23. The second-order valence-corrected chi connectivity index (χ2v) is 6.27. The van der Waals surface area contributed by atoms with Crippen LogP contribution in [0.15, 0.2) is 78.9 Å². The largest absolute Gasteiger partial charge is 0.495 e. The molecule has 3 rings (SSSR count). The van der Waals surface area contributed by atoms with Crippen molar-refractivity contribution in [1.29, 1.82) is 0 Å². The van der Waals surface area contributed by atoms with Crippen LogP contribution in [0, 0.1) is 0 Å². The fraction of sp³-hybridized carbons (Fsp3) is 0.130. The van der Waals surface area contributed by atoms with Gasteiger partial charge in [0.25, 0.3) is 5.91 Å². The average molecular weight is 374 g/mol. The normalized spacial score (nSPS) is 10.2. The van der Waals surface area contributed by atoms with Crippen LogP contribution in [-0.2, 0) is 11.2 Å². The molecule has 5 nitrogen and oxygen atoms in total. The van der Waals surface area contributed by atoms with Crippen LogP contribution >= 0.6 is 0 Å². The molecule has 0 aromatic heterocycles. The number of carbonyl (C=O) groups excluding carboxylic acids is 2. The summed E-state index contributed by atoms with van der Waals surface area (Å²) in [5.74, 6) is 0.291. The highest BCUT2D eigenvalue weighted by atomic mass is 16.5. The standard InChI is InChI=1S/C23H22N2O3/c1-28-21-10-6-5-9-20(21)25-23(27)18-12-14-19(15-13-18)24-22(26)16-11-17-7-3-2-4-8-17/h2-10,12-15H,11,16H2,1H3,(H,24,26)(H,25,27). The number of benzene rings is 3. The Kier molecular flexibility index (Phi) is 6.41. The third kappa shape index (κ3) is 5.20. The molecule has 0 atom stereocenters. The number of hydrogen-bond donors (Lipinski definition) is 2. The molecule has 0 radical (unpaired) electrons. The van der Waals surface area contributed by atoms with Gasteiger partial charge in [0, 0.05) is 17.7 Å². The van der Waals surface area contributed by atoms with Gasteiger partial charge in [-0.25, -0.2) is 0 Å². The Balaban J connectivity index is 1.55. The summed E-state index contributed by atoms with van der Waals surface area (Å²) >= 11 is 0. The fourth-order valence-corrected chi connectivity index (χ4v) is 2.77. The molecule has 0 fully saturated rings. The van der Waals surface area contributed by atoms with Crippen LogP contribution < -0.4 is 15.4 Å². The fourth-order valence-electron chi connectivity index (χ4n) is 2.77. The first kappa shape index (κ1) is 19.2. The Labute approximate surface area is 164 Å². The number of nitrogens with one attached hydrogen (secondary N) is 2. The highest BCUT2D eigenvalue weighted by molar-refractivity contribution is 6.05. The van der Waals surface area contributed by atoms with E-state index in [1.54, 1.807) is 43.5 Å². The monoisotopic (exact) mass is 374 g/mol. The van der Waals surface area contributed by atoms with E-state index in [0.29, 0.717) is 35.5 Å². The minimum Gasteiger partial charge on any atom is -0.495 e. The van der Waals surface area contributed by atoms with E-state index in [1.807, 2.05) is 42.5 Å². The van der Waals surface area contributed by atoms with Crippen molar-refractivity contribution < 1.29 is 14.3 Å². The van der Waals surface area contributed by atoms with E-state index in [1.165, 1.54) is 0 Å². The van der Waals surface area contributed by atoms with Gasteiger partial charge in [0.05, 0.1) is 12.8 Å².